The van der Waals surface area contributed by atoms with Crippen LogP contribution in [0.15, 0.2) is 17.0 Å². The van der Waals surface area contributed by atoms with Crippen LogP contribution in [0.2, 0.25) is 0 Å². The van der Waals surface area contributed by atoms with Crippen LogP contribution >= 0.6 is 12.6 Å². The van der Waals surface area contributed by atoms with E-state index in [-0.39, 0.29) is 11.5 Å². The van der Waals surface area contributed by atoms with Crippen LogP contribution in [0.3, 0.4) is 0 Å². The van der Waals surface area contributed by atoms with Crippen molar-refractivity contribution in [2.24, 2.45) is 0 Å². The van der Waals surface area contributed by atoms with Gasteiger partial charge in [0.05, 0.1) is 4.90 Å². The quantitative estimate of drug-likeness (QED) is 0.142. The maximum Gasteiger partial charge on any atom is 0.129 e. The van der Waals surface area contributed by atoms with Crippen molar-refractivity contribution in [2.45, 2.75) is 121 Å². The van der Waals surface area contributed by atoms with Gasteiger partial charge in [-0.15, -0.1) is 12.6 Å². The Hall–Kier alpha value is -0.830. The first kappa shape index (κ1) is 24.2. The second-order valence-electron chi connectivity index (χ2n) is 7.98. The predicted octanol–water partition coefficient (Wildman–Crippen LogP) is 8.19. The third kappa shape index (κ3) is 11.6. The molecule has 0 fully saturated rings. The minimum atomic E-state index is 0.155. The number of rotatable bonds is 17. The molecule has 0 spiro atoms. The van der Waals surface area contributed by atoms with E-state index in [0.29, 0.717) is 4.90 Å². The molecule has 0 saturated carbocycles. The van der Waals surface area contributed by atoms with Gasteiger partial charge in [-0.05, 0) is 25.0 Å². The summed E-state index contributed by atoms with van der Waals surface area (Å²) in [7, 11) is 0. The number of phenolic OH excluding ortho intramolecular Hbond substituents is 2. The maximum absolute atomic E-state index is 9.88. The molecule has 1 aromatic rings. The Morgan fingerprint density at radius 2 is 0.963 bits per heavy atom. The molecule has 2 N–H and O–H groups in total. The summed E-state index contributed by atoms with van der Waals surface area (Å²) in [5.74, 6) is 0.404. The Balaban J connectivity index is 1.87. The van der Waals surface area contributed by atoms with Crippen LogP contribution in [0.4, 0.5) is 0 Å². The van der Waals surface area contributed by atoms with E-state index >= 15 is 0 Å². The van der Waals surface area contributed by atoms with Crippen molar-refractivity contribution in [1.82, 2.24) is 0 Å². The van der Waals surface area contributed by atoms with E-state index in [9.17, 15) is 10.2 Å². The molecule has 0 saturated heterocycles. The lowest BCUT2D eigenvalue weighted by molar-refractivity contribution is 0.440. The first-order chi connectivity index (χ1) is 13.2. The summed E-state index contributed by atoms with van der Waals surface area (Å²) in [6.07, 6.45) is 22.5. The first-order valence-electron chi connectivity index (χ1n) is 11.4. The van der Waals surface area contributed by atoms with Gasteiger partial charge in [-0.3, -0.25) is 0 Å². The Morgan fingerprint density at radius 1 is 0.593 bits per heavy atom. The number of phenols is 2. The smallest absolute Gasteiger partial charge is 0.129 e. The van der Waals surface area contributed by atoms with E-state index in [1.807, 2.05) is 0 Å². The summed E-state index contributed by atoms with van der Waals surface area (Å²) in [4.78, 5) is 0.524. The zero-order chi connectivity index (χ0) is 19.7. The third-order valence-electron chi connectivity index (χ3n) is 5.52. The van der Waals surface area contributed by atoms with E-state index in [0.717, 1.165) is 18.4 Å². The molecule has 0 aromatic heterocycles. The summed E-state index contributed by atoms with van der Waals surface area (Å²) >= 11 is 4.30. The van der Waals surface area contributed by atoms with Crippen LogP contribution in [0.1, 0.15) is 115 Å². The Labute approximate surface area is 173 Å². The van der Waals surface area contributed by atoms with Crippen LogP contribution in [-0.4, -0.2) is 10.2 Å². The predicted molar refractivity (Wildman–Crippen MR) is 120 cm³/mol. The zero-order valence-corrected chi connectivity index (χ0v) is 18.4. The number of hydrogen-bond donors (Lipinski definition) is 3. The van der Waals surface area contributed by atoms with Crippen LogP contribution in [0, 0.1) is 0 Å². The fraction of sp³-hybridized carbons (Fsp3) is 0.750. The molecular formula is C24H42O2S. The molecule has 1 rings (SSSR count). The minimum Gasteiger partial charge on any atom is -0.508 e. The largest absolute Gasteiger partial charge is 0.508 e. The van der Waals surface area contributed by atoms with Crippen molar-refractivity contribution in [3.63, 3.8) is 0 Å². The molecule has 3 heteroatoms. The number of unbranched alkanes of at least 4 members (excludes halogenated alkanes) is 15. The second-order valence-corrected chi connectivity index (χ2v) is 8.43. The molecule has 0 bridgehead atoms. The average molecular weight is 395 g/mol. The summed E-state index contributed by atoms with van der Waals surface area (Å²) < 4.78 is 0. The lowest BCUT2D eigenvalue weighted by Gasteiger charge is -2.09. The molecule has 156 valence electrons. The Morgan fingerprint density at radius 3 is 1.41 bits per heavy atom. The van der Waals surface area contributed by atoms with Crippen molar-refractivity contribution < 1.29 is 10.2 Å². The van der Waals surface area contributed by atoms with E-state index in [2.05, 4.69) is 19.6 Å². The molecule has 0 radical (unpaired) electrons. The molecule has 0 aliphatic heterocycles. The molecule has 0 amide bonds. The van der Waals surface area contributed by atoms with Gasteiger partial charge in [0.1, 0.15) is 11.5 Å². The molecule has 2 nitrogen and oxygen atoms in total. The van der Waals surface area contributed by atoms with Crippen LogP contribution in [0.25, 0.3) is 0 Å². The Kier molecular flexibility index (Phi) is 14.5. The monoisotopic (exact) mass is 394 g/mol. The van der Waals surface area contributed by atoms with Gasteiger partial charge in [-0.25, -0.2) is 0 Å². The summed E-state index contributed by atoms with van der Waals surface area (Å²) in [5.41, 5.74) is 0.781. The Bertz CT molecular complexity index is 488. The highest BCUT2D eigenvalue weighted by atomic mass is 32.1. The third-order valence-corrected chi connectivity index (χ3v) is 6.02. The highest BCUT2D eigenvalue weighted by Gasteiger charge is 2.09. The van der Waals surface area contributed by atoms with Gasteiger partial charge < -0.3 is 10.2 Å². The molecule has 0 heterocycles. The normalized spacial score (nSPS) is 11.2. The van der Waals surface area contributed by atoms with E-state index in [1.54, 1.807) is 6.07 Å². The molecule has 27 heavy (non-hydrogen) atoms. The van der Waals surface area contributed by atoms with Gasteiger partial charge in [0, 0.05) is 5.56 Å². The van der Waals surface area contributed by atoms with Crippen molar-refractivity contribution in [2.75, 3.05) is 0 Å². The lowest BCUT2D eigenvalue weighted by Crippen LogP contribution is -1.90. The lowest BCUT2D eigenvalue weighted by atomic mass is 10.0. The van der Waals surface area contributed by atoms with E-state index in [4.69, 9.17) is 0 Å². The highest BCUT2D eigenvalue weighted by Crippen LogP contribution is 2.33. The molecule has 1 aromatic carbocycles. The van der Waals surface area contributed by atoms with E-state index in [1.165, 1.54) is 102 Å². The van der Waals surface area contributed by atoms with Crippen molar-refractivity contribution in [3.05, 3.63) is 17.7 Å². The van der Waals surface area contributed by atoms with Gasteiger partial charge in [0.25, 0.3) is 0 Å². The molecule has 0 unspecified atom stereocenters. The van der Waals surface area contributed by atoms with Crippen molar-refractivity contribution in [1.29, 1.82) is 0 Å². The minimum absolute atomic E-state index is 0.155. The second kappa shape index (κ2) is 16.2. The SMILES string of the molecule is CCCCCCCCCCCCCCCCCCc1c(O)ccc(O)c1S. The standard InChI is InChI=1S/C24H42O2S/c1-2-3-4-5-6-7-8-9-10-11-12-13-14-15-16-17-18-21-22(25)19-20-23(26)24(21)27/h19-20,25-27H,2-18H2,1H3. The van der Waals surface area contributed by atoms with Gasteiger partial charge in [0.15, 0.2) is 0 Å². The van der Waals surface area contributed by atoms with Gasteiger partial charge in [-0.1, -0.05) is 103 Å². The van der Waals surface area contributed by atoms with Crippen LogP contribution in [0.5, 0.6) is 11.5 Å². The molecular weight excluding hydrogens is 352 g/mol. The summed E-state index contributed by atoms with van der Waals surface area (Å²) in [5, 5.41) is 19.6. The molecule has 0 aliphatic carbocycles. The fourth-order valence-electron chi connectivity index (χ4n) is 3.71. The van der Waals surface area contributed by atoms with Crippen molar-refractivity contribution in [3.8, 4) is 11.5 Å². The van der Waals surface area contributed by atoms with Crippen LogP contribution in [-0.2, 0) is 6.42 Å². The topological polar surface area (TPSA) is 40.5 Å². The van der Waals surface area contributed by atoms with Crippen LogP contribution < -0.4 is 0 Å². The van der Waals surface area contributed by atoms with Gasteiger partial charge in [-0.2, -0.15) is 0 Å². The number of aromatic hydroxyl groups is 2. The molecule has 0 atom stereocenters. The number of benzene rings is 1. The first-order valence-corrected chi connectivity index (χ1v) is 11.8. The number of hydrogen-bond acceptors (Lipinski definition) is 3. The average Bonchev–Trinajstić information content (AvgIpc) is 2.67. The van der Waals surface area contributed by atoms with E-state index < -0.39 is 0 Å². The fourth-order valence-corrected chi connectivity index (χ4v) is 4.01. The summed E-state index contributed by atoms with van der Waals surface area (Å²) in [6.45, 7) is 2.28. The van der Waals surface area contributed by atoms with Crippen molar-refractivity contribution >= 4 is 12.6 Å². The zero-order valence-electron chi connectivity index (χ0n) is 17.5. The molecule has 0 aliphatic rings. The van der Waals surface area contributed by atoms with Gasteiger partial charge in [0.2, 0.25) is 0 Å². The van der Waals surface area contributed by atoms with Gasteiger partial charge >= 0.3 is 0 Å². The number of thiol groups is 1. The summed E-state index contributed by atoms with van der Waals surface area (Å²) in [6, 6.07) is 3.05. The highest BCUT2D eigenvalue weighted by molar-refractivity contribution is 7.80. The maximum atomic E-state index is 9.88.